The van der Waals surface area contributed by atoms with Gasteiger partial charge in [-0.3, -0.25) is 4.79 Å². The van der Waals surface area contributed by atoms with Gasteiger partial charge in [-0.1, -0.05) is 11.3 Å². The molecule has 3 rings (SSSR count). The van der Waals surface area contributed by atoms with E-state index in [0.29, 0.717) is 23.6 Å². The number of rotatable bonds is 3. The summed E-state index contributed by atoms with van der Waals surface area (Å²) in [7, 11) is 0. The smallest absolute Gasteiger partial charge is 0.172 e. The van der Waals surface area contributed by atoms with Crippen LogP contribution in [0.1, 0.15) is 34.9 Å². The van der Waals surface area contributed by atoms with Crippen molar-refractivity contribution in [1.82, 2.24) is 15.0 Å². The third kappa shape index (κ3) is 1.73. The molecule has 0 unspecified atom stereocenters. The highest BCUT2D eigenvalue weighted by Crippen LogP contribution is 2.41. The Kier molecular flexibility index (Phi) is 2.24. The highest BCUT2D eigenvalue weighted by atomic mass is 19.1. The van der Waals surface area contributed by atoms with Crippen LogP contribution in [-0.4, -0.2) is 21.3 Å². The predicted octanol–water partition coefficient (Wildman–Crippen LogP) is 2.10. The number of aromatic nitrogens is 3. The molecule has 1 aliphatic carbocycles. The molecule has 0 radical (unpaired) electrons. The van der Waals surface area contributed by atoms with Crippen molar-refractivity contribution < 1.29 is 9.18 Å². The van der Waals surface area contributed by atoms with Crippen molar-refractivity contribution in [2.75, 3.05) is 0 Å². The largest absolute Gasteiger partial charge is 0.296 e. The Morgan fingerprint density at radius 1 is 1.41 bits per heavy atom. The molecule has 0 bridgehead atoms. The summed E-state index contributed by atoms with van der Waals surface area (Å²) < 4.78 is 14.7. The van der Waals surface area contributed by atoms with Crippen molar-refractivity contribution in [1.29, 1.82) is 0 Å². The van der Waals surface area contributed by atoms with Crippen molar-refractivity contribution in [3.05, 3.63) is 41.5 Å². The van der Waals surface area contributed by atoms with Gasteiger partial charge in [0, 0.05) is 5.92 Å². The van der Waals surface area contributed by atoms with Crippen molar-refractivity contribution in [2.24, 2.45) is 0 Å². The summed E-state index contributed by atoms with van der Waals surface area (Å²) in [5.41, 5.74) is 1.76. The molecule has 0 N–H and O–H groups in total. The van der Waals surface area contributed by atoms with Gasteiger partial charge < -0.3 is 0 Å². The summed E-state index contributed by atoms with van der Waals surface area (Å²) in [6.07, 6.45) is 2.77. The van der Waals surface area contributed by atoms with E-state index in [9.17, 15) is 9.18 Å². The standard InChI is InChI=1S/C12H10FN3O/c13-9-2-1-3-10(6-9)16-12(8-4-5-8)11(7-17)14-15-16/h1-3,6-8H,4-5H2. The monoisotopic (exact) mass is 231 g/mol. The molecule has 1 aromatic carbocycles. The van der Waals surface area contributed by atoms with Gasteiger partial charge in [-0.05, 0) is 31.0 Å². The SMILES string of the molecule is O=Cc1nnn(-c2cccc(F)c2)c1C1CC1. The molecule has 1 heterocycles. The first-order chi connectivity index (χ1) is 8.29. The zero-order chi connectivity index (χ0) is 11.8. The fourth-order valence-corrected chi connectivity index (χ4v) is 1.92. The molecule has 2 aromatic rings. The Morgan fingerprint density at radius 3 is 2.88 bits per heavy atom. The minimum atomic E-state index is -0.326. The molecular weight excluding hydrogens is 221 g/mol. The second kappa shape index (κ2) is 3.76. The normalized spacial score (nSPS) is 14.9. The van der Waals surface area contributed by atoms with Crippen molar-refractivity contribution in [3.8, 4) is 5.69 Å². The van der Waals surface area contributed by atoms with Crippen LogP contribution in [-0.2, 0) is 0 Å². The summed E-state index contributed by atoms with van der Waals surface area (Å²) in [5, 5.41) is 7.75. The summed E-state index contributed by atoms with van der Waals surface area (Å²) in [6.45, 7) is 0. The van der Waals surface area contributed by atoms with Gasteiger partial charge in [-0.2, -0.15) is 0 Å². The van der Waals surface area contributed by atoms with Gasteiger partial charge in [0.15, 0.2) is 6.29 Å². The zero-order valence-corrected chi connectivity index (χ0v) is 9.01. The van der Waals surface area contributed by atoms with Crippen LogP contribution < -0.4 is 0 Å². The number of aldehydes is 1. The molecule has 0 saturated heterocycles. The molecule has 0 aliphatic heterocycles. The Labute approximate surface area is 97.1 Å². The molecular formula is C12H10FN3O. The molecule has 1 saturated carbocycles. The van der Waals surface area contributed by atoms with E-state index in [1.807, 2.05) is 0 Å². The predicted molar refractivity (Wildman–Crippen MR) is 58.7 cm³/mol. The van der Waals surface area contributed by atoms with E-state index in [1.54, 1.807) is 16.8 Å². The van der Waals surface area contributed by atoms with E-state index in [2.05, 4.69) is 10.3 Å². The number of carbonyl (C=O) groups is 1. The van der Waals surface area contributed by atoms with Crippen molar-refractivity contribution in [2.45, 2.75) is 18.8 Å². The number of halogens is 1. The van der Waals surface area contributed by atoms with Gasteiger partial charge >= 0.3 is 0 Å². The fraction of sp³-hybridized carbons (Fsp3) is 0.250. The van der Waals surface area contributed by atoms with Crippen LogP contribution >= 0.6 is 0 Å². The first kappa shape index (κ1) is 10.1. The number of nitrogens with zero attached hydrogens (tertiary/aromatic N) is 3. The highest BCUT2D eigenvalue weighted by Gasteiger charge is 2.31. The lowest BCUT2D eigenvalue weighted by molar-refractivity contribution is 0.111. The average molecular weight is 231 g/mol. The van der Waals surface area contributed by atoms with E-state index in [-0.39, 0.29) is 5.82 Å². The van der Waals surface area contributed by atoms with Crippen molar-refractivity contribution in [3.63, 3.8) is 0 Å². The van der Waals surface area contributed by atoms with Crippen LogP contribution in [0.3, 0.4) is 0 Å². The number of carbonyl (C=O) groups excluding carboxylic acids is 1. The first-order valence-electron chi connectivity index (χ1n) is 5.46. The van der Waals surface area contributed by atoms with Crippen LogP contribution in [0, 0.1) is 5.82 Å². The van der Waals surface area contributed by atoms with E-state index in [4.69, 9.17) is 0 Å². The molecule has 0 amide bonds. The third-order valence-electron chi connectivity index (χ3n) is 2.86. The first-order valence-corrected chi connectivity index (χ1v) is 5.46. The molecule has 1 aromatic heterocycles. The maximum Gasteiger partial charge on any atom is 0.172 e. The van der Waals surface area contributed by atoms with Gasteiger partial charge in [0.05, 0.1) is 11.4 Å². The lowest BCUT2D eigenvalue weighted by atomic mass is 10.2. The van der Waals surface area contributed by atoms with E-state index < -0.39 is 0 Å². The minimum absolute atomic E-state index is 0.326. The summed E-state index contributed by atoms with van der Waals surface area (Å²) in [4.78, 5) is 10.9. The van der Waals surface area contributed by atoms with Gasteiger partial charge in [-0.15, -0.1) is 5.10 Å². The molecule has 17 heavy (non-hydrogen) atoms. The Hall–Kier alpha value is -2.04. The van der Waals surface area contributed by atoms with Gasteiger partial charge in [-0.25, -0.2) is 9.07 Å². The molecule has 1 aliphatic rings. The summed E-state index contributed by atoms with van der Waals surface area (Å²) in [6, 6.07) is 6.12. The molecule has 5 heteroatoms. The molecule has 0 spiro atoms. The van der Waals surface area contributed by atoms with Crippen LogP contribution in [0.4, 0.5) is 4.39 Å². The zero-order valence-electron chi connectivity index (χ0n) is 9.01. The Balaban J connectivity index is 2.14. The fourth-order valence-electron chi connectivity index (χ4n) is 1.92. The van der Waals surface area contributed by atoms with Crippen LogP contribution in [0.25, 0.3) is 5.69 Å². The highest BCUT2D eigenvalue weighted by molar-refractivity contribution is 5.74. The van der Waals surface area contributed by atoms with Gasteiger partial charge in [0.1, 0.15) is 11.5 Å². The Bertz CT molecular complexity index is 575. The molecule has 86 valence electrons. The lowest BCUT2D eigenvalue weighted by Gasteiger charge is -2.05. The van der Waals surface area contributed by atoms with Gasteiger partial charge in [0.25, 0.3) is 0 Å². The van der Waals surface area contributed by atoms with E-state index in [0.717, 1.165) is 18.5 Å². The summed E-state index contributed by atoms with van der Waals surface area (Å²) in [5.74, 6) is 0.000803. The topological polar surface area (TPSA) is 47.8 Å². The van der Waals surface area contributed by atoms with Crippen LogP contribution in [0.15, 0.2) is 24.3 Å². The average Bonchev–Trinajstić information content (AvgIpc) is 3.08. The summed E-state index contributed by atoms with van der Waals surface area (Å²) >= 11 is 0. The van der Waals surface area contributed by atoms with Gasteiger partial charge in [0.2, 0.25) is 0 Å². The maximum atomic E-state index is 13.2. The maximum absolute atomic E-state index is 13.2. The number of hydrogen-bond donors (Lipinski definition) is 0. The second-order valence-electron chi connectivity index (χ2n) is 4.14. The second-order valence-corrected chi connectivity index (χ2v) is 4.14. The van der Waals surface area contributed by atoms with E-state index in [1.165, 1.54) is 12.1 Å². The van der Waals surface area contributed by atoms with Crippen LogP contribution in [0.2, 0.25) is 0 Å². The third-order valence-corrected chi connectivity index (χ3v) is 2.86. The van der Waals surface area contributed by atoms with Crippen LogP contribution in [0.5, 0.6) is 0 Å². The Morgan fingerprint density at radius 2 is 2.24 bits per heavy atom. The van der Waals surface area contributed by atoms with Crippen molar-refractivity contribution >= 4 is 6.29 Å². The van der Waals surface area contributed by atoms with E-state index >= 15 is 0 Å². The molecule has 0 atom stereocenters. The number of benzene rings is 1. The quantitative estimate of drug-likeness (QED) is 0.760. The lowest BCUT2D eigenvalue weighted by Crippen LogP contribution is -2.02. The minimum Gasteiger partial charge on any atom is -0.296 e. The molecule has 4 nitrogen and oxygen atoms in total. The number of hydrogen-bond acceptors (Lipinski definition) is 3. The molecule has 1 fully saturated rings.